The molecule has 34 heavy (non-hydrogen) atoms. The first-order valence-corrected chi connectivity index (χ1v) is 10.7. The van der Waals surface area contributed by atoms with Crippen molar-refractivity contribution in [1.82, 2.24) is 0 Å². The van der Waals surface area contributed by atoms with Gasteiger partial charge in [0.25, 0.3) is 0 Å². The normalized spacial score (nSPS) is 26.3. The van der Waals surface area contributed by atoms with Gasteiger partial charge in [0, 0.05) is 11.8 Å². The number of carbonyl (C=O) groups is 2. The van der Waals surface area contributed by atoms with Crippen LogP contribution >= 0.6 is 0 Å². The molecule has 10 heteroatoms. The van der Waals surface area contributed by atoms with Gasteiger partial charge in [-0.05, 0) is 23.6 Å². The smallest absolute Gasteiger partial charge is 0.305 e. The average molecular weight is 469 g/mol. The summed E-state index contributed by atoms with van der Waals surface area (Å²) < 4.78 is 22.7. The van der Waals surface area contributed by atoms with Crippen LogP contribution in [-0.2, 0) is 41.8 Å². The molecule has 10 nitrogen and oxygen atoms in total. The van der Waals surface area contributed by atoms with E-state index in [1.807, 2.05) is 48.5 Å². The van der Waals surface area contributed by atoms with E-state index in [0.29, 0.717) is 0 Å². The van der Waals surface area contributed by atoms with E-state index < -0.39 is 41.9 Å². The minimum absolute atomic E-state index is 0.00291. The maximum Gasteiger partial charge on any atom is 0.305 e. The third kappa shape index (κ3) is 5.99. The van der Waals surface area contributed by atoms with E-state index in [4.69, 9.17) is 18.9 Å². The molecule has 0 aliphatic carbocycles. The molecule has 0 unspecified atom stereocenters. The fourth-order valence-electron chi connectivity index (χ4n) is 3.75. The van der Waals surface area contributed by atoms with Crippen molar-refractivity contribution >= 4 is 11.8 Å². The van der Waals surface area contributed by atoms with Crippen LogP contribution in [0.1, 0.15) is 25.0 Å². The van der Waals surface area contributed by atoms with Crippen molar-refractivity contribution in [2.45, 2.75) is 57.2 Å². The van der Waals surface area contributed by atoms with Crippen molar-refractivity contribution in [1.29, 1.82) is 0 Å². The molecule has 0 amide bonds. The maximum absolute atomic E-state index is 12.6. The van der Waals surface area contributed by atoms with Gasteiger partial charge in [-0.3, -0.25) is 9.59 Å². The van der Waals surface area contributed by atoms with Crippen LogP contribution in [0.25, 0.3) is 10.4 Å². The number of hydrogen-bond acceptors (Lipinski definition) is 8. The van der Waals surface area contributed by atoms with E-state index in [9.17, 15) is 20.2 Å². The Bertz CT molecular complexity index is 1010. The Morgan fingerprint density at radius 2 is 1.65 bits per heavy atom. The molecule has 1 fully saturated rings. The Morgan fingerprint density at radius 1 is 1.06 bits per heavy atom. The van der Waals surface area contributed by atoms with Gasteiger partial charge >= 0.3 is 5.97 Å². The summed E-state index contributed by atoms with van der Waals surface area (Å²) in [6.07, 6.45) is -4.02. The van der Waals surface area contributed by atoms with Gasteiger partial charge in [-0.1, -0.05) is 65.8 Å². The van der Waals surface area contributed by atoms with Gasteiger partial charge in [-0.2, -0.15) is 0 Å². The number of nitrogens with zero attached hydrogens (tertiary/aromatic N) is 3. The van der Waals surface area contributed by atoms with Crippen LogP contribution in [0.15, 0.2) is 65.8 Å². The standard InChI is InChI=1S/C24H27N3O7/c1-16(28)24(30)22(32-14-19-11-7-4-8-12-19)21(26-27-25)20(34-23(24)33-17(2)29)15-31-13-18-9-5-3-6-10-18/h3-12,20-23,30H,13-15H2,1-2H3/t20-,21+,22+,23-,24-/m1/s1. The number of ketones is 1. The fraction of sp³-hybridized carbons (Fsp3) is 0.417. The molecular formula is C24H27N3O7. The molecule has 0 spiro atoms. The van der Waals surface area contributed by atoms with Crippen LogP contribution in [0.4, 0.5) is 0 Å². The van der Waals surface area contributed by atoms with E-state index >= 15 is 0 Å². The first kappa shape index (κ1) is 25.4. The summed E-state index contributed by atoms with van der Waals surface area (Å²) in [4.78, 5) is 27.2. The predicted molar refractivity (Wildman–Crippen MR) is 120 cm³/mol. The van der Waals surface area contributed by atoms with Gasteiger partial charge in [0.2, 0.25) is 11.9 Å². The third-order valence-electron chi connectivity index (χ3n) is 5.47. The Hall–Kier alpha value is -3.27. The molecular weight excluding hydrogens is 442 g/mol. The Morgan fingerprint density at radius 3 is 2.18 bits per heavy atom. The lowest BCUT2D eigenvalue weighted by atomic mass is 9.82. The molecule has 0 bridgehead atoms. The molecule has 3 rings (SSSR count). The van der Waals surface area contributed by atoms with E-state index in [1.165, 1.54) is 0 Å². The molecule has 0 saturated carbocycles. The number of hydrogen-bond donors (Lipinski definition) is 1. The lowest BCUT2D eigenvalue weighted by Gasteiger charge is -2.48. The highest BCUT2D eigenvalue weighted by molar-refractivity contribution is 5.86. The highest BCUT2D eigenvalue weighted by Gasteiger charge is 2.61. The monoisotopic (exact) mass is 469 g/mol. The van der Waals surface area contributed by atoms with Gasteiger partial charge in [0.05, 0.1) is 32.0 Å². The average Bonchev–Trinajstić information content (AvgIpc) is 2.82. The molecule has 1 N–H and O–H groups in total. The van der Waals surface area contributed by atoms with Crippen molar-refractivity contribution in [2.24, 2.45) is 5.11 Å². The van der Waals surface area contributed by atoms with Crippen LogP contribution in [0.3, 0.4) is 0 Å². The first-order chi connectivity index (χ1) is 16.4. The lowest BCUT2D eigenvalue weighted by molar-refractivity contribution is -0.307. The summed E-state index contributed by atoms with van der Waals surface area (Å²) in [5.74, 6) is -1.53. The summed E-state index contributed by atoms with van der Waals surface area (Å²) in [5.41, 5.74) is 8.48. The fourth-order valence-corrected chi connectivity index (χ4v) is 3.75. The van der Waals surface area contributed by atoms with E-state index in [0.717, 1.165) is 25.0 Å². The number of esters is 1. The molecule has 180 valence electrons. The molecule has 1 aliphatic heterocycles. The van der Waals surface area contributed by atoms with E-state index in [1.54, 1.807) is 12.1 Å². The largest absolute Gasteiger partial charge is 0.432 e. The number of carbonyl (C=O) groups excluding carboxylic acids is 2. The van der Waals surface area contributed by atoms with Gasteiger partial charge in [0.1, 0.15) is 6.10 Å². The van der Waals surface area contributed by atoms with Crippen LogP contribution in [0.2, 0.25) is 0 Å². The molecule has 1 aliphatic rings. The number of benzene rings is 2. The van der Waals surface area contributed by atoms with Crippen molar-refractivity contribution in [2.75, 3.05) is 6.61 Å². The second-order valence-electron chi connectivity index (χ2n) is 7.91. The summed E-state index contributed by atoms with van der Waals surface area (Å²) in [7, 11) is 0. The van der Waals surface area contributed by atoms with Crippen LogP contribution < -0.4 is 0 Å². The first-order valence-electron chi connectivity index (χ1n) is 10.7. The van der Waals surface area contributed by atoms with Crippen LogP contribution in [-0.4, -0.2) is 53.6 Å². The highest BCUT2D eigenvalue weighted by atomic mass is 16.7. The SMILES string of the molecule is CC(=O)O[C@@H]1O[C@H](COCc2ccccc2)[C@H](N=[N+]=[N-])[C@H](OCc2ccccc2)[C@]1(O)C(C)=O. The second kappa shape index (κ2) is 11.7. The highest BCUT2D eigenvalue weighted by Crippen LogP contribution is 2.36. The van der Waals surface area contributed by atoms with Gasteiger partial charge in [-0.15, -0.1) is 0 Å². The molecule has 0 aromatic heterocycles. The maximum atomic E-state index is 12.6. The number of aliphatic hydroxyl groups is 1. The minimum atomic E-state index is -2.41. The zero-order valence-electron chi connectivity index (χ0n) is 18.9. The molecule has 2 aromatic carbocycles. The van der Waals surface area contributed by atoms with Gasteiger partial charge in [0.15, 0.2) is 5.78 Å². The van der Waals surface area contributed by atoms with Crippen LogP contribution in [0, 0.1) is 0 Å². The van der Waals surface area contributed by atoms with Crippen molar-refractivity contribution in [3.8, 4) is 0 Å². The summed E-state index contributed by atoms with van der Waals surface area (Å²) in [5, 5.41) is 15.2. The molecule has 5 atom stereocenters. The van der Waals surface area contributed by atoms with Crippen molar-refractivity contribution in [3.05, 3.63) is 82.2 Å². The lowest BCUT2D eigenvalue weighted by Crippen LogP contribution is -2.70. The predicted octanol–water partition coefficient (Wildman–Crippen LogP) is 3.08. The van der Waals surface area contributed by atoms with Gasteiger partial charge < -0.3 is 24.1 Å². The zero-order valence-corrected chi connectivity index (χ0v) is 18.9. The van der Waals surface area contributed by atoms with Crippen molar-refractivity contribution < 1.29 is 33.6 Å². The van der Waals surface area contributed by atoms with E-state index in [2.05, 4.69) is 10.0 Å². The van der Waals surface area contributed by atoms with Gasteiger partial charge in [-0.25, -0.2) is 0 Å². The summed E-state index contributed by atoms with van der Waals surface area (Å²) in [6, 6.07) is 17.3. The zero-order chi connectivity index (χ0) is 24.6. The second-order valence-corrected chi connectivity index (χ2v) is 7.91. The summed E-state index contributed by atoms with van der Waals surface area (Å²) in [6.45, 7) is 2.43. The van der Waals surface area contributed by atoms with E-state index in [-0.39, 0.29) is 19.8 Å². The Kier molecular flexibility index (Phi) is 8.75. The summed E-state index contributed by atoms with van der Waals surface area (Å²) >= 11 is 0. The Balaban J connectivity index is 1.89. The van der Waals surface area contributed by atoms with Crippen LogP contribution in [0.5, 0.6) is 0 Å². The number of Topliss-reactive ketones (excluding diaryl/α,β-unsaturated/α-hetero) is 1. The molecule has 1 saturated heterocycles. The number of azide groups is 1. The van der Waals surface area contributed by atoms with Crippen molar-refractivity contribution in [3.63, 3.8) is 0 Å². The minimum Gasteiger partial charge on any atom is -0.432 e. The topological polar surface area (TPSA) is 140 Å². The quantitative estimate of drug-likeness (QED) is 0.244. The Labute approximate surface area is 197 Å². The molecule has 1 heterocycles. The molecule has 2 aromatic rings. The third-order valence-corrected chi connectivity index (χ3v) is 5.47. The number of rotatable bonds is 10. The molecule has 0 radical (unpaired) electrons. The number of ether oxygens (including phenoxy) is 4.